The molecule has 2 fully saturated rings. The molecule has 3 nitrogen and oxygen atoms in total. The fraction of sp³-hybridized carbons (Fsp3) is 0.875. The van der Waals surface area contributed by atoms with E-state index in [9.17, 15) is 4.79 Å². The summed E-state index contributed by atoms with van der Waals surface area (Å²) in [7, 11) is 1.46. The Bertz CT molecular complexity index is 171. The zero-order valence-electron chi connectivity index (χ0n) is 6.67. The highest BCUT2D eigenvalue weighted by molar-refractivity contribution is 5.70. The SMILES string of the molecule is COC(=O)C[C@H]1[C@@H]2CNC[C@@H]21. The number of hydrogen-bond acceptors (Lipinski definition) is 3. The van der Waals surface area contributed by atoms with Crippen LogP contribution in [0.15, 0.2) is 0 Å². The lowest BCUT2D eigenvalue weighted by Gasteiger charge is -2.01. The fourth-order valence-corrected chi connectivity index (χ4v) is 2.13. The number of ether oxygens (including phenoxy) is 1. The van der Waals surface area contributed by atoms with Gasteiger partial charge < -0.3 is 10.1 Å². The number of piperidine rings is 1. The third-order valence-electron chi connectivity index (χ3n) is 2.90. The molecule has 1 aliphatic heterocycles. The lowest BCUT2D eigenvalue weighted by atomic mass is 10.2. The lowest BCUT2D eigenvalue weighted by Crippen LogP contribution is -2.16. The summed E-state index contributed by atoms with van der Waals surface area (Å²) >= 11 is 0. The Morgan fingerprint density at radius 3 is 2.73 bits per heavy atom. The Balaban J connectivity index is 1.79. The molecule has 3 atom stereocenters. The minimum absolute atomic E-state index is 0.0515. The van der Waals surface area contributed by atoms with Gasteiger partial charge in [0.1, 0.15) is 0 Å². The number of esters is 1. The summed E-state index contributed by atoms with van der Waals surface area (Å²) in [6.07, 6.45) is 0.632. The van der Waals surface area contributed by atoms with Crippen LogP contribution in [0.25, 0.3) is 0 Å². The molecule has 0 aromatic carbocycles. The van der Waals surface area contributed by atoms with Crippen molar-refractivity contribution in [2.24, 2.45) is 17.8 Å². The van der Waals surface area contributed by atoms with Gasteiger partial charge in [-0.1, -0.05) is 0 Å². The number of carbonyl (C=O) groups is 1. The molecule has 1 aliphatic carbocycles. The highest BCUT2D eigenvalue weighted by atomic mass is 16.5. The smallest absolute Gasteiger partial charge is 0.305 e. The fourth-order valence-electron chi connectivity index (χ4n) is 2.13. The van der Waals surface area contributed by atoms with Gasteiger partial charge >= 0.3 is 5.97 Å². The molecule has 0 bridgehead atoms. The van der Waals surface area contributed by atoms with Crippen LogP contribution in [0.5, 0.6) is 0 Å². The van der Waals surface area contributed by atoms with Gasteiger partial charge in [-0.2, -0.15) is 0 Å². The largest absolute Gasteiger partial charge is 0.469 e. The standard InChI is InChI=1S/C8H13NO2/c1-11-8(10)2-5-6-3-9-4-7(5)6/h5-7,9H,2-4H2,1H3/t5-,6-,7+. The minimum atomic E-state index is -0.0515. The quantitative estimate of drug-likeness (QED) is 0.571. The van der Waals surface area contributed by atoms with Gasteiger partial charge in [0.25, 0.3) is 0 Å². The van der Waals surface area contributed by atoms with Gasteiger partial charge in [-0.15, -0.1) is 0 Å². The highest BCUT2D eigenvalue weighted by Crippen LogP contribution is 2.50. The lowest BCUT2D eigenvalue weighted by molar-refractivity contribution is -0.141. The van der Waals surface area contributed by atoms with Crippen molar-refractivity contribution in [1.82, 2.24) is 5.32 Å². The first-order valence-electron chi connectivity index (χ1n) is 4.10. The first kappa shape index (κ1) is 7.10. The Morgan fingerprint density at radius 2 is 2.18 bits per heavy atom. The molecule has 0 unspecified atom stereocenters. The molecule has 0 amide bonds. The number of methoxy groups -OCH3 is 1. The summed E-state index contributed by atoms with van der Waals surface area (Å²) < 4.78 is 4.61. The maximum absolute atomic E-state index is 10.9. The van der Waals surface area contributed by atoms with Gasteiger partial charge in [0.15, 0.2) is 0 Å². The van der Waals surface area contributed by atoms with Crippen LogP contribution in [-0.4, -0.2) is 26.2 Å². The van der Waals surface area contributed by atoms with Crippen molar-refractivity contribution in [2.45, 2.75) is 6.42 Å². The zero-order chi connectivity index (χ0) is 7.84. The van der Waals surface area contributed by atoms with Gasteiger partial charge in [0, 0.05) is 6.42 Å². The molecule has 1 saturated carbocycles. The molecule has 2 aliphatic rings. The first-order valence-corrected chi connectivity index (χ1v) is 4.10. The van der Waals surface area contributed by atoms with Crippen LogP contribution in [-0.2, 0) is 9.53 Å². The zero-order valence-corrected chi connectivity index (χ0v) is 6.67. The van der Waals surface area contributed by atoms with Crippen LogP contribution >= 0.6 is 0 Å². The Morgan fingerprint density at radius 1 is 1.55 bits per heavy atom. The van der Waals surface area contributed by atoms with E-state index in [1.165, 1.54) is 7.11 Å². The summed E-state index contributed by atoms with van der Waals surface area (Å²) in [6.45, 7) is 2.21. The van der Waals surface area contributed by atoms with E-state index in [4.69, 9.17) is 0 Å². The third kappa shape index (κ3) is 1.13. The molecule has 62 valence electrons. The molecule has 0 aromatic rings. The van der Waals surface area contributed by atoms with E-state index < -0.39 is 0 Å². The van der Waals surface area contributed by atoms with Crippen molar-refractivity contribution in [2.75, 3.05) is 20.2 Å². The van der Waals surface area contributed by atoms with Gasteiger partial charge in [-0.25, -0.2) is 0 Å². The van der Waals surface area contributed by atoms with Crippen LogP contribution in [0, 0.1) is 17.8 Å². The minimum Gasteiger partial charge on any atom is -0.469 e. The van der Waals surface area contributed by atoms with Gasteiger partial charge in [0.2, 0.25) is 0 Å². The molecule has 0 aromatic heterocycles. The molecule has 1 N–H and O–H groups in total. The van der Waals surface area contributed by atoms with E-state index in [-0.39, 0.29) is 5.97 Å². The van der Waals surface area contributed by atoms with Gasteiger partial charge in [-0.3, -0.25) is 4.79 Å². The topological polar surface area (TPSA) is 38.3 Å². The first-order chi connectivity index (χ1) is 5.33. The predicted octanol–water partition coefficient (Wildman–Crippen LogP) is 0.0149. The van der Waals surface area contributed by atoms with Crippen LogP contribution < -0.4 is 5.32 Å². The van der Waals surface area contributed by atoms with Crippen molar-refractivity contribution < 1.29 is 9.53 Å². The number of rotatable bonds is 2. The number of carbonyl (C=O) groups excluding carboxylic acids is 1. The summed E-state index contributed by atoms with van der Waals surface area (Å²) in [4.78, 5) is 10.9. The average Bonchev–Trinajstić information content (AvgIpc) is 2.52. The molecule has 11 heavy (non-hydrogen) atoms. The molecule has 1 heterocycles. The highest BCUT2D eigenvalue weighted by Gasteiger charge is 2.53. The van der Waals surface area contributed by atoms with E-state index >= 15 is 0 Å². The van der Waals surface area contributed by atoms with Crippen molar-refractivity contribution in [3.63, 3.8) is 0 Å². The normalized spacial score (nSPS) is 39.9. The number of fused-ring (bicyclic) bond motifs is 1. The molecule has 0 radical (unpaired) electrons. The van der Waals surface area contributed by atoms with E-state index in [1.807, 2.05) is 0 Å². The number of hydrogen-bond donors (Lipinski definition) is 1. The number of nitrogens with one attached hydrogen (secondary N) is 1. The molecular formula is C8H13NO2. The second kappa shape index (κ2) is 2.48. The molecule has 0 spiro atoms. The van der Waals surface area contributed by atoms with E-state index in [0.29, 0.717) is 12.3 Å². The summed E-state index contributed by atoms with van der Waals surface area (Å²) in [5.41, 5.74) is 0. The van der Waals surface area contributed by atoms with E-state index in [0.717, 1.165) is 24.9 Å². The summed E-state index contributed by atoms with van der Waals surface area (Å²) in [6, 6.07) is 0. The molecule has 3 heteroatoms. The summed E-state index contributed by atoms with van der Waals surface area (Å²) in [5.74, 6) is 2.12. The Labute approximate surface area is 66.1 Å². The van der Waals surface area contributed by atoms with Gasteiger partial charge in [-0.05, 0) is 30.8 Å². The van der Waals surface area contributed by atoms with Crippen molar-refractivity contribution >= 4 is 5.97 Å². The van der Waals surface area contributed by atoms with E-state index in [1.54, 1.807) is 0 Å². The average molecular weight is 155 g/mol. The second-order valence-electron chi connectivity index (χ2n) is 3.43. The maximum atomic E-state index is 10.9. The van der Waals surface area contributed by atoms with Crippen molar-refractivity contribution in [3.8, 4) is 0 Å². The molecule has 2 rings (SSSR count). The molecular weight excluding hydrogens is 142 g/mol. The van der Waals surface area contributed by atoms with Gasteiger partial charge in [0.05, 0.1) is 7.11 Å². The Hall–Kier alpha value is -0.570. The maximum Gasteiger partial charge on any atom is 0.305 e. The van der Waals surface area contributed by atoms with Crippen LogP contribution in [0.3, 0.4) is 0 Å². The summed E-state index contributed by atoms with van der Waals surface area (Å²) in [5, 5.41) is 3.29. The third-order valence-corrected chi connectivity index (χ3v) is 2.90. The van der Waals surface area contributed by atoms with Crippen LogP contribution in [0.1, 0.15) is 6.42 Å². The van der Waals surface area contributed by atoms with E-state index in [2.05, 4.69) is 10.1 Å². The Kier molecular flexibility index (Phi) is 1.60. The van der Waals surface area contributed by atoms with Crippen LogP contribution in [0.2, 0.25) is 0 Å². The second-order valence-corrected chi connectivity index (χ2v) is 3.43. The predicted molar refractivity (Wildman–Crippen MR) is 40.0 cm³/mol. The monoisotopic (exact) mass is 155 g/mol. The van der Waals surface area contributed by atoms with Crippen LogP contribution in [0.4, 0.5) is 0 Å². The van der Waals surface area contributed by atoms with Crippen molar-refractivity contribution in [3.05, 3.63) is 0 Å². The molecule has 1 saturated heterocycles. The van der Waals surface area contributed by atoms with Crippen molar-refractivity contribution in [1.29, 1.82) is 0 Å².